The Morgan fingerprint density at radius 1 is 0.929 bits per heavy atom. The molecule has 2 aromatic rings. The van der Waals surface area contributed by atoms with Crippen molar-refractivity contribution in [1.82, 2.24) is 0 Å². The largest absolute Gasteiger partial charge is 0.457 e. The number of rotatable bonds is 4. The average Bonchev–Trinajstić information content (AvgIpc) is 3.41. The third-order valence-corrected chi connectivity index (χ3v) is 6.48. The molecule has 5 rings (SSSR count). The molecule has 4 unspecified atom stereocenters. The van der Waals surface area contributed by atoms with Crippen LogP contribution in [0.15, 0.2) is 54.6 Å². The van der Waals surface area contributed by atoms with E-state index in [1.807, 2.05) is 30.3 Å². The number of carbonyl (C=O) groups is 3. The van der Waals surface area contributed by atoms with Crippen LogP contribution in [0.2, 0.25) is 0 Å². The summed E-state index contributed by atoms with van der Waals surface area (Å²) in [6.45, 7) is 0.180. The molecule has 2 aliphatic carbocycles. The summed E-state index contributed by atoms with van der Waals surface area (Å²) in [5.74, 6) is -0.315. The normalized spacial score (nSPS) is 27.9. The second-order valence-electron chi connectivity index (χ2n) is 8.01. The zero-order valence-corrected chi connectivity index (χ0v) is 15.4. The number of fused-ring (bicyclic) bond motifs is 5. The summed E-state index contributed by atoms with van der Waals surface area (Å²) >= 11 is 0. The molecule has 0 radical (unpaired) electrons. The molecule has 2 amide bonds. The van der Waals surface area contributed by atoms with Crippen molar-refractivity contribution in [2.75, 3.05) is 4.90 Å². The summed E-state index contributed by atoms with van der Waals surface area (Å²) in [5.41, 5.74) is 1.72. The first-order valence-electron chi connectivity index (χ1n) is 9.82. The van der Waals surface area contributed by atoms with Gasteiger partial charge in [-0.15, -0.1) is 0 Å². The molecule has 2 bridgehead atoms. The lowest BCUT2D eigenvalue weighted by molar-refractivity contribution is -0.123. The van der Waals surface area contributed by atoms with Gasteiger partial charge in [0.15, 0.2) is 0 Å². The number of anilines is 1. The number of benzene rings is 2. The monoisotopic (exact) mass is 375 g/mol. The van der Waals surface area contributed by atoms with Gasteiger partial charge in [-0.25, -0.2) is 4.79 Å². The van der Waals surface area contributed by atoms with Crippen LogP contribution in [0.25, 0.3) is 0 Å². The number of carbonyl (C=O) groups excluding carboxylic acids is 3. The van der Waals surface area contributed by atoms with Crippen LogP contribution < -0.4 is 4.90 Å². The maximum Gasteiger partial charge on any atom is 0.338 e. The van der Waals surface area contributed by atoms with Crippen LogP contribution in [0, 0.1) is 23.7 Å². The molecule has 0 aromatic heterocycles. The molecule has 5 heteroatoms. The fourth-order valence-electron chi connectivity index (χ4n) is 5.24. The van der Waals surface area contributed by atoms with E-state index >= 15 is 0 Å². The van der Waals surface area contributed by atoms with Gasteiger partial charge in [-0.2, -0.15) is 0 Å². The van der Waals surface area contributed by atoms with E-state index in [9.17, 15) is 14.4 Å². The van der Waals surface area contributed by atoms with Crippen molar-refractivity contribution in [2.45, 2.75) is 25.9 Å². The van der Waals surface area contributed by atoms with E-state index in [0.717, 1.165) is 24.8 Å². The Balaban J connectivity index is 1.35. The van der Waals surface area contributed by atoms with Gasteiger partial charge in [0.05, 0.1) is 23.1 Å². The van der Waals surface area contributed by atoms with Crippen molar-refractivity contribution < 1.29 is 19.1 Å². The molecule has 3 aliphatic rings. The molecule has 5 nitrogen and oxygen atoms in total. The van der Waals surface area contributed by atoms with E-state index in [1.54, 1.807) is 24.3 Å². The molecule has 142 valence electrons. The lowest BCUT2D eigenvalue weighted by Gasteiger charge is -2.19. The Hall–Kier alpha value is -2.95. The molecule has 1 saturated heterocycles. The summed E-state index contributed by atoms with van der Waals surface area (Å²) in [7, 11) is 0. The molecule has 2 aromatic carbocycles. The van der Waals surface area contributed by atoms with E-state index in [1.165, 1.54) is 4.90 Å². The van der Waals surface area contributed by atoms with Gasteiger partial charge in [0.25, 0.3) is 0 Å². The summed E-state index contributed by atoms with van der Waals surface area (Å²) in [6.07, 6.45) is 3.10. The van der Waals surface area contributed by atoms with Crippen LogP contribution in [0.3, 0.4) is 0 Å². The molecule has 0 spiro atoms. The highest BCUT2D eigenvalue weighted by molar-refractivity contribution is 6.22. The second-order valence-corrected chi connectivity index (χ2v) is 8.01. The Morgan fingerprint density at radius 2 is 1.61 bits per heavy atom. The van der Waals surface area contributed by atoms with Crippen LogP contribution in [-0.2, 0) is 20.9 Å². The smallest absolute Gasteiger partial charge is 0.338 e. The first-order valence-corrected chi connectivity index (χ1v) is 9.82. The molecular formula is C23H21NO4. The van der Waals surface area contributed by atoms with Gasteiger partial charge in [0, 0.05) is 0 Å². The van der Waals surface area contributed by atoms with Crippen LogP contribution in [0.4, 0.5) is 5.69 Å². The van der Waals surface area contributed by atoms with Gasteiger partial charge in [-0.3, -0.25) is 14.5 Å². The van der Waals surface area contributed by atoms with Gasteiger partial charge >= 0.3 is 5.97 Å². The minimum absolute atomic E-state index is 0.1000. The molecule has 3 fully saturated rings. The average molecular weight is 375 g/mol. The molecule has 0 N–H and O–H groups in total. The Morgan fingerprint density at radius 3 is 2.29 bits per heavy atom. The first-order chi connectivity index (χ1) is 13.6. The predicted molar refractivity (Wildman–Crippen MR) is 102 cm³/mol. The van der Waals surface area contributed by atoms with Crippen molar-refractivity contribution in [3.05, 3.63) is 65.7 Å². The van der Waals surface area contributed by atoms with E-state index in [-0.39, 0.29) is 30.3 Å². The summed E-state index contributed by atoms with van der Waals surface area (Å²) in [6, 6.07) is 16.1. The SMILES string of the molecule is O=C(OCc1ccccc1)c1cccc(N2C(=O)C3C4CCC(C4)C3C2=O)c1. The summed E-state index contributed by atoms with van der Waals surface area (Å²) in [4.78, 5) is 39.7. The number of esters is 1. The van der Waals surface area contributed by atoms with Crippen LogP contribution in [0.5, 0.6) is 0 Å². The first kappa shape index (κ1) is 17.2. The highest BCUT2D eigenvalue weighted by Gasteiger charge is 2.61. The lowest BCUT2D eigenvalue weighted by atomic mass is 9.81. The fraction of sp³-hybridized carbons (Fsp3) is 0.348. The minimum Gasteiger partial charge on any atom is -0.457 e. The number of ether oxygens (including phenoxy) is 1. The quantitative estimate of drug-likeness (QED) is 0.605. The summed E-state index contributed by atoms with van der Waals surface area (Å²) < 4.78 is 5.38. The van der Waals surface area contributed by atoms with Crippen molar-refractivity contribution in [3.63, 3.8) is 0 Å². The number of imide groups is 1. The van der Waals surface area contributed by atoms with Crippen LogP contribution in [0.1, 0.15) is 35.2 Å². The molecule has 1 aliphatic heterocycles. The number of amides is 2. The fourth-order valence-corrected chi connectivity index (χ4v) is 5.24. The molecule has 2 saturated carbocycles. The minimum atomic E-state index is -0.468. The van der Waals surface area contributed by atoms with E-state index in [4.69, 9.17) is 4.74 Å². The van der Waals surface area contributed by atoms with Crippen molar-refractivity contribution >= 4 is 23.5 Å². The van der Waals surface area contributed by atoms with Crippen molar-refractivity contribution in [3.8, 4) is 0 Å². The highest BCUT2D eigenvalue weighted by Crippen LogP contribution is 2.56. The van der Waals surface area contributed by atoms with E-state index < -0.39 is 5.97 Å². The zero-order valence-electron chi connectivity index (χ0n) is 15.4. The Labute approximate surface area is 163 Å². The molecular weight excluding hydrogens is 354 g/mol. The number of nitrogens with zero attached hydrogens (tertiary/aromatic N) is 1. The summed E-state index contributed by atoms with van der Waals surface area (Å²) in [5, 5.41) is 0. The Bertz CT molecular complexity index is 926. The molecule has 1 heterocycles. The van der Waals surface area contributed by atoms with E-state index in [2.05, 4.69) is 0 Å². The van der Waals surface area contributed by atoms with Gasteiger partial charge in [0.2, 0.25) is 11.8 Å². The number of hydrogen-bond acceptors (Lipinski definition) is 4. The standard InChI is InChI=1S/C23H21NO4/c25-21-19-15-9-10-16(11-15)20(19)22(26)24(21)18-8-4-7-17(12-18)23(27)28-13-14-5-2-1-3-6-14/h1-8,12,15-16,19-20H,9-11,13H2. The van der Waals surface area contributed by atoms with Crippen LogP contribution in [-0.4, -0.2) is 17.8 Å². The van der Waals surface area contributed by atoms with Gasteiger partial charge in [-0.1, -0.05) is 36.4 Å². The van der Waals surface area contributed by atoms with Crippen LogP contribution >= 0.6 is 0 Å². The van der Waals surface area contributed by atoms with Crippen molar-refractivity contribution in [1.29, 1.82) is 0 Å². The molecule has 4 atom stereocenters. The van der Waals surface area contributed by atoms with E-state index in [0.29, 0.717) is 23.1 Å². The van der Waals surface area contributed by atoms with Crippen molar-refractivity contribution in [2.24, 2.45) is 23.7 Å². The molecule has 28 heavy (non-hydrogen) atoms. The lowest BCUT2D eigenvalue weighted by Crippen LogP contribution is -2.32. The second kappa shape index (κ2) is 6.59. The third-order valence-electron chi connectivity index (χ3n) is 6.48. The zero-order chi connectivity index (χ0) is 19.3. The third kappa shape index (κ3) is 2.65. The van der Waals surface area contributed by atoms with Gasteiger partial charge in [0.1, 0.15) is 6.61 Å². The highest BCUT2D eigenvalue weighted by atomic mass is 16.5. The Kier molecular flexibility index (Phi) is 4.04. The van der Waals surface area contributed by atoms with Gasteiger partial charge < -0.3 is 4.74 Å². The van der Waals surface area contributed by atoms with Gasteiger partial charge in [-0.05, 0) is 54.9 Å². The maximum atomic E-state index is 13.0. The predicted octanol–water partition coefficient (Wildman–Crippen LogP) is 3.58. The number of hydrogen-bond donors (Lipinski definition) is 0. The maximum absolute atomic E-state index is 13.0. The topological polar surface area (TPSA) is 63.7 Å².